The molecule has 2 heterocycles. The number of methoxy groups -OCH3 is 1. The first-order chi connectivity index (χ1) is 7.90. The minimum Gasteiger partial charge on any atom is -0.494 e. The van der Waals surface area contributed by atoms with Crippen LogP contribution in [0.5, 0.6) is 5.75 Å². The molecule has 0 aliphatic rings. The largest absolute Gasteiger partial charge is 0.494 e. The second-order valence-corrected chi connectivity index (χ2v) is 3.55. The normalized spacial score (nSPS) is 10.8. The molecule has 0 bridgehead atoms. The molecule has 3 heteroatoms. The number of pyridine rings is 2. The summed E-state index contributed by atoms with van der Waals surface area (Å²) in [6.45, 7) is 0. The summed E-state index contributed by atoms with van der Waals surface area (Å²) in [5.74, 6) is 0.766. The quantitative estimate of drug-likeness (QED) is 0.579. The van der Waals surface area contributed by atoms with Gasteiger partial charge in [0.15, 0.2) is 0 Å². The molecule has 0 atom stereocenters. The Hall–Kier alpha value is -2.16. The van der Waals surface area contributed by atoms with Gasteiger partial charge < -0.3 is 4.74 Å². The van der Waals surface area contributed by atoms with E-state index in [2.05, 4.69) is 9.97 Å². The van der Waals surface area contributed by atoms with E-state index in [1.165, 1.54) is 0 Å². The lowest BCUT2D eigenvalue weighted by Crippen LogP contribution is -1.89. The first-order valence-electron chi connectivity index (χ1n) is 5.06. The van der Waals surface area contributed by atoms with E-state index in [1.807, 2.05) is 30.3 Å². The third-order valence-electron chi connectivity index (χ3n) is 2.66. The number of fused-ring (bicyclic) bond motifs is 3. The Morgan fingerprint density at radius 2 is 1.75 bits per heavy atom. The molecule has 1 aromatic carbocycles. The van der Waals surface area contributed by atoms with Gasteiger partial charge in [-0.15, -0.1) is 0 Å². The monoisotopic (exact) mass is 210 g/mol. The summed E-state index contributed by atoms with van der Waals surface area (Å²) in [4.78, 5) is 8.68. The van der Waals surface area contributed by atoms with Crippen LogP contribution in [0.1, 0.15) is 0 Å². The Balaban J connectivity index is 2.57. The van der Waals surface area contributed by atoms with Gasteiger partial charge in [0, 0.05) is 29.2 Å². The van der Waals surface area contributed by atoms with Gasteiger partial charge in [0.2, 0.25) is 0 Å². The van der Waals surface area contributed by atoms with E-state index in [0.29, 0.717) is 0 Å². The highest BCUT2D eigenvalue weighted by atomic mass is 16.5. The van der Waals surface area contributed by atoms with Gasteiger partial charge >= 0.3 is 0 Å². The van der Waals surface area contributed by atoms with Gasteiger partial charge in [0.05, 0.1) is 12.6 Å². The van der Waals surface area contributed by atoms with E-state index in [-0.39, 0.29) is 0 Å². The second kappa shape index (κ2) is 3.45. The molecule has 0 unspecified atom stereocenters. The zero-order chi connectivity index (χ0) is 11.0. The minimum atomic E-state index is 0.766. The molecule has 0 spiro atoms. The van der Waals surface area contributed by atoms with E-state index in [0.717, 1.165) is 27.6 Å². The van der Waals surface area contributed by atoms with Crippen LogP contribution in [0, 0.1) is 0 Å². The van der Waals surface area contributed by atoms with Gasteiger partial charge in [0.25, 0.3) is 0 Å². The van der Waals surface area contributed by atoms with Gasteiger partial charge in [0.1, 0.15) is 11.3 Å². The van der Waals surface area contributed by atoms with Crippen LogP contribution in [0.3, 0.4) is 0 Å². The molecule has 0 aliphatic carbocycles. The molecule has 78 valence electrons. The number of nitrogens with zero attached hydrogens (tertiary/aromatic N) is 2. The van der Waals surface area contributed by atoms with Gasteiger partial charge in [-0.2, -0.15) is 0 Å². The average molecular weight is 210 g/mol. The Labute approximate surface area is 92.7 Å². The number of ether oxygens (including phenoxy) is 1. The summed E-state index contributed by atoms with van der Waals surface area (Å²) in [7, 11) is 1.65. The van der Waals surface area contributed by atoms with Gasteiger partial charge in [-0.25, -0.2) is 0 Å². The summed E-state index contributed by atoms with van der Waals surface area (Å²) in [6.07, 6.45) is 3.55. The van der Waals surface area contributed by atoms with E-state index in [1.54, 1.807) is 19.5 Å². The number of hydrogen-bond acceptors (Lipinski definition) is 3. The van der Waals surface area contributed by atoms with Crippen molar-refractivity contribution in [1.29, 1.82) is 0 Å². The van der Waals surface area contributed by atoms with Crippen LogP contribution in [-0.4, -0.2) is 17.1 Å². The number of rotatable bonds is 1. The number of hydrogen-bond donors (Lipinski definition) is 0. The minimum absolute atomic E-state index is 0.766. The lowest BCUT2D eigenvalue weighted by atomic mass is 10.1. The van der Waals surface area contributed by atoms with Crippen molar-refractivity contribution in [3.63, 3.8) is 0 Å². The van der Waals surface area contributed by atoms with E-state index < -0.39 is 0 Å². The molecular formula is C13H10N2O. The molecular weight excluding hydrogens is 200 g/mol. The fourth-order valence-corrected chi connectivity index (χ4v) is 1.93. The fourth-order valence-electron chi connectivity index (χ4n) is 1.93. The van der Waals surface area contributed by atoms with Gasteiger partial charge in [-0.05, 0) is 12.1 Å². The maximum Gasteiger partial charge on any atom is 0.147 e. The molecule has 3 aromatic rings. The lowest BCUT2D eigenvalue weighted by Gasteiger charge is -2.07. The Morgan fingerprint density at radius 3 is 2.56 bits per heavy atom. The molecule has 3 nitrogen and oxygen atoms in total. The maximum absolute atomic E-state index is 5.33. The molecule has 0 radical (unpaired) electrons. The van der Waals surface area contributed by atoms with Crippen LogP contribution < -0.4 is 4.74 Å². The number of aromatic nitrogens is 2. The van der Waals surface area contributed by atoms with Crippen LogP contribution >= 0.6 is 0 Å². The molecule has 0 amide bonds. The van der Waals surface area contributed by atoms with Crippen molar-refractivity contribution in [3.8, 4) is 5.75 Å². The average Bonchev–Trinajstić information content (AvgIpc) is 2.38. The summed E-state index contributed by atoms with van der Waals surface area (Å²) in [5.41, 5.74) is 1.81. The van der Waals surface area contributed by atoms with Crippen molar-refractivity contribution in [2.45, 2.75) is 0 Å². The van der Waals surface area contributed by atoms with Crippen molar-refractivity contribution < 1.29 is 4.74 Å². The summed E-state index contributed by atoms with van der Waals surface area (Å²) < 4.78 is 5.33. The van der Waals surface area contributed by atoms with Crippen molar-refractivity contribution in [2.24, 2.45) is 0 Å². The predicted octanol–water partition coefficient (Wildman–Crippen LogP) is 2.79. The SMILES string of the molecule is COc1cc2ncccc2c2cccnc12. The molecule has 0 saturated carbocycles. The van der Waals surface area contributed by atoms with Crippen LogP contribution in [0.25, 0.3) is 21.8 Å². The standard InChI is InChI=1S/C13H10N2O/c1-16-12-8-11-9(4-2-6-14-11)10-5-3-7-15-13(10)12/h2-8H,1H3. The first-order valence-corrected chi connectivity index (χ1v) is 5.06. The smallest absolute Gasteiger partial charge is 0.147 e. The first kappa shape index (κ1) is 9.09. The van der Waals surface area contributed by atoms with Gasteiger partial charge in [-0.3, -0.25) is 9.97 Å². The second-order valence-electron chi connectivity index (χ2n) is 3.55. The highest BCUT2D eigenvalue weighted by molar-refractivity contribution is 6.07. The molecule has 0 N–H and O–H groups in total. The molecule has 0 aliphatic heterocycles. The summed E-state index contributed by atoms with van der Waals surface area (Å²) in [6, 6.07) is 9.86. The van der Waals surface area contributed by atoms with Crippen LogP contribution in [0.4, 0.5) is 0 Å². The van der Waals surface area contributed by atoms with Crippen molar-refractivity contribution >= 4 is 21.8 Å². The van der Waals surface area contributed by atoms with Crippen LogP contribution in [-0.2, 0) is 0 Å². The highest BCUT2D eigenvalue weighted by Crippen LogP contribution is 2.30. The third-order valence-corrected chi connectivity index (χ3v) is 2.66. The van der Waals surface area contributed by atoms with E-state index >= 15 is 0 Å². The Morgan fingerprint density at radius 1 is 1.00 bits per heavy atom. The van der Waals surface area contributed by atoms with Crippen molar-refractivity contribution in [1.82, 2.24) is 9.97 Å². The maximum atomic E-state index is 5.33. The summed E-state index contributed by atoms with van der Waals surface area (Å²) in [5, 5.41) is 2.18. The summed E-state index contributed by atoms with van der Waals surface area (Å²) >= 11 is 0. The predicted molar refractivity (Wildman–Crippen MR) is 63.6 cm³/mol. The Bertz CT molecular complexity index is 664. The molecule has 2 aromatic heterocycles. The van der Waals surface area contributed by atoms with Crippen LogP contribution in [0.2, 0.25) is 0 Å². The molecule has 0 saturated heterocycles. The van der Waals surface area contributed by atoms with Crippen LogP contribution in [0.15, 0.2) is 42.7 Å². The van der Waals surface area contributed by atoms with E-state index in [9.17, 15) is 0 Å². The van der Waals surface area contributed by atoms with Crippen molar-refractivity contribution in [3.05, 3.63) is 42.7 Å². The third kappa shape index (κ3) is 1.21. The van der Waals surface area contributed by atoms with E-state index in [4.69, 9.17) is 4.74 Å². The lowest BCUT2D eigenvalue weighted by molar-refractivity contribution is 0.419. The topological polar surface area (TPSA) is 35.0 Å². The highest BCUT2D eigenvalue weighted by Gasteiger charge is 2.07. The molecule has 0 fully saturated rings. The molecule has 3 rings (SSSR count). The molecule has 16 heavy (non-hydrogen) atoms. The zero-order valence-electron chi connectivity index (χ0n) is 8.84. The number of benzene rings is 1. The van der Waals surface area contributed by atoms with Crippen molar-refractivity contribution in [2.75, 3.05) is 7.11 Å². The Kier molecular flexibility index (Phi) is 1.96. The van der Waals surface area contributed by atoms with Gasteiger partial charge in [-0.1, -0.05) is 12.1 Å². The fraction of sp³-hybridized carbons (Fsp3) is 0.0769. The zero-order valence-corrected chi connectivity index (χ0v) is 8.84.